The van der Waals surface area contributed by atoms with Crippen molar-refractivity contribution in [2.45, 2.75) is 19.8 Å². The molecule has 0 atom stereocenters. The Bertz CT molecular complexity index is 826. The van der Waals surface area contributed by atoms with E-state index in [2.05, 4.69) is 46.7 Å². The Morgan fingerprint density at radius 2 is 2.00 bits per heavy atom. The highest BCUT2D eigenvalue weighted by Gasteiger charge is 2.22. The minimum Gasteiger partial charge on any atom is -0.508 e. The standard InChI is InChI=1S/C21H26N4O2.HI/c1-2-22-21(25-14-11-16-7-3-4-10-19(16)25)24-13-6-12-23-20(27)17-8-5-9-18(26)15-17;/h3-5,7-10,15,26H,2,6,11-14H2,1H3,(H,22,24)(H,23,27);1H. The molecule has 0 saturated carbocycles. The molecule has 7 heteroatoms. The molecule has 0 bridgehead atoms. The van der Waals surface area contributed by atoms with Gasteiger partial charge in [-0.15, -0.1) is 24.0 Å². The van der Waals surface area contributed by atoms with Crippen LogP contribution in [0.15, 0.2) is 53.5 Å². The second-order valence-corrected chi connectivity index (χ2v) is 6.43. The number of para-hydroxylation sites is 1. The Balaban J connectivity index is 0.00000280. The van der Waals surface area contributed by atoms with Crippen LogP contribution in [0.4, 0.5) is 5.69 Å². The third kappa shape index (κ3) is 5.60. The number of rotatable bonds is 6. The van der Waals surface area contributed by atoms with E-state index in [1.54, 1.807) is 18.2 Å². The number of nitrogens with zero attached hydrogens (tertiary/aromatic N) is 2. The molecule has 0 spiro atoms. The zero-order valence-corrected chi connectivity index (χ0v) is 18.3. The second-order valence-electron chi connectivity index (χ2n) is 6.43. The molecular weight excluding hydrogens is 467 g/mol. The van der Waals surface area contributed by atoms with E-state index in [-0.39, 0.29) is 35.6 Å². The van der Waals surface area contributed by atoms with Crippen molar-refractivity contribution in [2.75, 3.05) is 31.1 Å². The monoisotopic (exact) mass is 494 g/mol. The summed E-state index contributed by atoms with van der Waals surface area (Å²) in [6, 6.07) is 14.8. The summed E-state index contributed by atoms with van der Waals surface area (Å²) in [5.74, 6) is 0.797. The Morgan fingerprint density at radius 1 is 1.18 bits per heavy atom. The number of anilines is 1. The lowest BCUT2D eigenvalue weighted by atomic mass is 10.2. The smallest absolute Gasteiger partial charge is 0.251 e. The van der Waals surface area contributed by atoms with Gasteiger partial charge >= 0.3 is 0 Å². The van der Waals surface area contributed by atoms with Gasteiger partial charge < -0.3 is 20.6 Å². The number of aromatic hydroxyl groups is 1. The van der Waals surface area contributed by atoms with Crippen LogP contribution in [0, 0.1) is 0 Å². The Morgan fingerprint density at radius 3 is 2.79 bits per heavy atom. The molecule has 2 aromatic carbocycles. The highest BCUT2D eigenvalue weighted by atomic mass is 127. The number of halogens is 1. The van der Waals surface area contributed by atoms with E-state index in [9.17, 15) is 9.90 Å². The summed E-state index contributed by atoms with van der Waals surface area (Å²) in [5.41, 5.74) is 3.02. The molecule has 1 heterocycles. The van der Waals surface area contributed by atoms with Gasteiger partial charge in [0, 0.05) is 37.4 Å². The first-order valence-corrected chi connectivity index (χ1v) is 9.40. The summed E-state index contributed by atoms with van der Waals surface area (Å²) >= 11 is 0. The Labute approximate surface area is 183 Å². The van der Waals surface area contributed by atoms with Crippen molar-refractivity contribution in [3.05, 3.63) is 59.7 Å². The second kappa shape index (κ2) is 10.9. The topological polar surface area (TPSA) is 77.0 Å². The van der Waals surface area contributed by atoms with Gasteiger partial charge in [-0.25, -0.2) is 0 Å². The van der Waals surface area contributed by atoms with E-state index in [1.165, 1.54) is 17.3 Å². The van der Waals surface area contributed by atoms with Crippen LogP contribution in [0.2, 0.25) is 0 Å². The molecule has 0 fully saturated rings. The van der Waals surface area contributed by atoms with Gasteiger partial charge in [-0.1, -0.05) is 24.3 Å². The normalized spacial score (nSPS) is 12.9. The number of hydrogen-bond acceptors (Lipinski definition) is 3. The van der Waals surface area contributed by atoms with E-state index in [0.29, 0.717) is 18.7 Å². The highest BCUT2D eigenvalue weighted by molar-refractivity contribution is 14.0. The largest absolute Gasteiger partial charge is 0.508 e. The highest BCUT2D eigenvalue weighted by Crippen LogP contribution is 2.27. The van der Waals surface area contributed by atoms with Crippen molar-refractivity contribution in [1.82, 2.24) is 10.6 Å². The lowest BCUT2D eigenvalue weighted by Gasteiger charge is -2.22. The van der Waals surface area contributed by atoms with Crippen molar-refractivity contribution in [2.24, 2.45) is 4.99 Å². The zero-order chi connectivity index (χ0) is 19.1. The third-order valence-corrected chi connectivity index (χ3v) is 4.47. The molecule has 0 aliphatic carbocycles. The molecule has 1 aliphatic rings. The quantitative estimate of drug-likeness (QED) is 0.250. The summed E-state index contributed by atoms with van der Waals surface area (Å²) in [6.07, 6.45) is 1.77. The molecule has 150 valence electrons. The molecule has 2 aromatic rings. The molecule has 1 aliphatic heterocycles. The van der Waals surface area contributed by atoms with Crippen molar-refractivity contribution in [1.29, 1.82) is 0 Å². The van der Waals surface area contributed by atoms with Crippen LogP contribution in [0.5, 0.6) is 5.75 Å². The number of fused-ring (bicyclic) bond motifs is 1. The molecule has 6 nitrogen and oxygen atoms in total. The average Bonchev–Trinajstić information content (AvgIpc) is 3.11. The van der Waals surface area contributed by atoms with Crippen molar-refractivity contribution >= 4 is 41.5 Å². The molecule has 0 saturated heterocycles. The van der Waals surface area contributed by atoms with Crippen molar-refractivity contribution in [3.8, 4) is 5.75 Å². The minimum atomic E-state index is -0.185. The fourth-order valence-electron chi connectivity index (χ4n) is 3.17. The fraction of sp³-hybridized carbons (Fsp3) is 0.333. The predicted octanol–water partition coefficient (Wildman–Crippen LogP) is 3.16. The number of phenols is 1. The van der Waals surface area contributed by atoms with E-state index in [4.69, 9.17) is 4.99 Å². The van der Waals surface area contributed by atoms with E-state index < -0.39 is 0 Å². The summed E-state index contributed by atoms with van der Waals surface area (Å²) < 4.78 is 0. The van der Waals surface area contributed by atoms with Crippen molar-refractivity contribution in [3.63, 3.8) is 0 Å². The van der Waals surface area contributed by atoms with Crippen LogP contribution in [0.3, 0.4) is 0 Å². The lowest BCUT2D eigenvalue weighted by molar-refractivity contribution is 0.0953. The maximum Gasteiger partial charge on any atom is 0.251 e. The number of aliphatic imine (C=N–C) groups is 1. The van der Waals surface area contributed by atoms with Gasteiger partial charge in [-0.3, -0.25) is 9.79 Å². The van der Waals surface area contributed by atoms with Crippen LogP contribution in [-0.4, -0.2) is 43.2 Å². The average molecular weight is 494 g/mol. The van der Waals surface area contributed by atoms with Gasteiger partial charge in [-0.05, 0) is 49.6 Å². The third-order valence-electron chi connectivity index (χ3n) is 4.47. The van der Waals surface area contributed by atoms with Crippen LogP contribution < -0.4 is 15.5 Å². The summed E-state index contributed by atoms with van der Waals surface area (Å²) in [4.78, 5) is 19.0. The number of carbonyl (C=O) groups excluding carboxylic acids is 1. The number of carbonyl (C=O) groups is 1. The zero-order valence-electron chi connectivity index (χ0n) is 16.0. The van der Waals surface area contributed by atoms with Gasteiger partial charge in [0.1, 0.15) is 5.75 Å². The Kier molecular flexibility index (Phi) is 8.56. The summed E-state index contributed by atoms with van der Waals surface area (Å²) in [7, 11) is 0. The van der Waals surface area contributed by atoms with Gasteiger partial charge in [0.2, 0.25) is 0 Å². The molecule has 3 N–H and O–H groups in total. The van der Waals surface area contributed by atoms with Gasteiger partial charge in [-0.2, -0.15) is 0 Å². The van der Waals surface area contributed by atoms with Gasteiger partial charge in [0.25, 0.3) is 5.91 Å². The van der Waals surface area contributed by atoms with Crippen molar-refractivity contribution < 1.29 is 9.90 Å². The molecule has 3 rings (SSSR count). The first-order chi connectivity index (χ1) is 13.2. The van der Waals surface area contributed by atoms with Crippen LogP contribution in [0.25, 0.3) is 0 Å². The lowest BCUT2D eigenvalue weighted by Crippen LogP contribution is -2.40. The van der Waals surface area contributed by atoms with Gasteiger partial charge in [0.15, 0.2) is 5.96 Å². The van der Waals surface area contributed by atoms with E-state index in [0.717, 1.165) is 31.9 Å². The van der Waals surface area contributed by atoms with E-state index in [1.807, 2.05) is 0 Å². The fourth-order valence-corrected chi connectivity index (χ4v) is 3.17. The minimum absolute atomic E-state index is 0. The number of benzene rings is 2. The Hall–Kier alpha value is -2.29. The molecule has 1 amide bonds. The summed E-state index contributed by atoms with van der Waals surface area (Å²) in [5, 5.41) is 15.7. The van der Waals surface area contributed by atoms with E-state index >= 15 is 0 Å². The molecular formula is C21H27IN4O2. The number of hydrogen-bond donors (Lipinski definition) is 3. The number of amides is 1. The maximum absolute atomic E-state index is 12.1. The first kappa shape index (κ1) is 22.0. The van der Waals surface area contributed by atoms with Crippen LogP contribution >= 0.6 is 24.0 Å². The number of guanidine groups is 1. The molecule has 28 heavy (non-hydrogen) atoms. The number of nitrogens with one attached hydrogen (secondary N) is 2. The molecule has 0 radical (unpaired) electrons. The molecule has 0 unspecified atom stereocenters. The molecule has 0 aromatic heterocycles. The SMILES string of the molecule is CCNC(=NCCCNC(=O)c1cccc(O)c1)N1CCc2ccccc21.I. The van der Waals surface area contributed by atoms with Crippen LogP contribution in [0.1, 0.15) is 29.3 Å². The number of phenolic OH excluding ortho intramolecular Hbond substituents is 1. The first-order valence-electron chi connectivity index (χ1n) is 9.40. The maximum atomic E-state index is 12.1. The van der Waals surface area contributed by atoms with Gasteiger partial charge in [0.05, 0.1) is 0 Å². The predicted molar refractivity (Wildman–Crippen MR) is 124 cm³/mol. The van der Waals surface area contributed by atoms with Crippen LogP contribution in [-0.2, 0) is 6.42 Å². The summed E-state index contributed by atoms with van der Waals surface area (Å²) in [6.45, 7) is 4.97.